The minimum absolute atomic E-state index is 0.710. The number of rotatable bonds is 5. The third kappa shape index (κ3) is 4.76. The highest BCUT2D eigenvalue weighted by Crippen LogP contribution is 2.44. The first-order valence-corrected chi connectivity index (χ1v) is 18.1. The number of benzene rings is 7. The maximum atomic E-state index is 6.62. The summed E-state index contributed by atoms with van der Waals surface area (Å²) in [5.41, 5.74) is 13.8. The molecule has 11 rings (SSSR count). The van der Waals surface area contributed by atoms with Gasteiger partial charge < -0.3 is 8.98 Å². The zero-order valence-electron chi connectivity index (χ0n) is 29.0. The van der Waals surface area contributed by atoms with Crippen molar-refractivity contribution < 1.29 is 4.42 Å². The van der Waals surface area contributed by atoms with Crippen molar-refractivity contribution in [1.82, 2.24) is 19.5 Å². The highest BCUT2D eigenvalue weighted by molar-refractivity contribution is 6.24. The smallest absolute Gasteiger partial charge is 0.178 e. The number of hydrogen-bond donors (Lipinski definition) is 0. The molecular formula is C49H30N4O. The molecule has 0 spiro atoms. The Labute approximate surface area is 310 Å². The van der Waals surface area contributed by atoms with E-state index < -0.39 is 0 Å². The number of fused-ring (bicyclic) bond motifs is 8. The molecule has 7 aromatic carbocycles. The lowest BCUT2D eigenvalue weighted by molar-refractivity contribution is 0.670. The van der Waals surface area contributed by atoms with Crippen molar-refractivity contribution in [3.8, 4) is 50.7 Å². The Morgan fingerprint density at radius 3 is 1.74 bits per heavy atom. The third-order valence-corrected chi connectivity index (χ3v) is 10.4. The summed E-state index contributed by atoms with van der Waals surface area (Å²) in [5.74, 6) is 0.710. The van der Waals surface area contributed by atoms with E-state index in [0.717, 1.165) is 99.7 Å². The van der Waals surface area contributed by atoms with Crippen molar-refractivity contribution in [2.45, 2.75) is 0 Å². The molecular weight excluding hydrogens is 661 g/mol. The third-order valence-electron chi connectivity index (χ3n) is 10.4. The SMILES string of the molecule is c1ccc(-c2nc(-c3ccc(-c4ccc(-c5nc6c7ccccc7oc6c6c5c5ccccc5n6-c5ccccc5)cc4)cc3)nc3ccccc23)cc1. The van der Waals surface area contributed by atoms with E-state index in [0.29, 0.717) is 5.82 Å². The van der Waals surface area contributed by atoms with E-state index in [4.69, 9.17) is 19.4 Å². The predicted octanol–water partition coefficient (Wildman–Crippen LogP) is 12.7. The van der Waals surface area contributed by atoms with Crippen molar-refractivity contribution in [3.63, 3.8) is 0 Å². The average molecular weight is 691 g/mol. The molecule has 0 atom stereocenters. The molecule has 0 N–H and O–H groups in total. The van der Waals surface area contributed by atoms with E-state index in [2.05, 4.69) is 138 Å². The molecule has 5 heteroatoms. The van der Waals surface area contributed by atoms with Gasteiger partial charge in [0.05, 0.1) is 22.4 Å². The Kier molecular flexibility index (Phi) is 6.79. The zero-order chi connectivity index (χ0) is 35.6. The fourth-order valence-electron chi connectivity index (χ4n) is 7.87. The molecule has 4 heterocycles. The van der Waals surface area contributed by atoms with Gasteiger partial charge in [0.1, 0.15) is 16.6 Å². The van der Waals surface area contributed by atoms with Crippen LogP contribution in [0.1, 0.15) is 0 Å². The number of furan rings is 1. The molecule has 0 saturated heterocycles. The molecule has 54 heavy (non-hydrogen) atoms. The Morgan fingerprint density at radius 1 is 0.407 bits per heavy atom. The summed E-state index contributed by atoms with van der Waals surface area (Å²) in [6.07, 6.45) is 0. The van der Waals surface area contributed by atoms with E-state index in [1.807, 2.05) is 48.5 Å². The summed E-state index contributed by atoms with van der Waals surface area (Å²) in [5, 5.41) is 4.25. The molecule has 0 radical (unpaired) electrons. The Hall–Kier alpha value is -7.37. The Morgan fingerprint density at radius 2 is 0.981 bits per heavy atom. The van der Waals surface area contributed by atoms with Crippen molar-refractivity contribution in [1.29, 1.82) is 0 Å². The quantitative estimate of drug-likeness (QED) is 0.180. The van der Waals surface area contributed by atoms with Crippen molar-refractivity contribution in [2.75, 3.05) is 0 Å². The van der Waals surface area contributed by atoms with Gasteiger partial charge in [0.15, 0.2) is 11.4 Å². The molecule has 0 saturated carbocycles. The van der Waals surface area contributed by atoms with Crippen LogP contribution in [0.2, 0.25) is 0 Å². The molecule has 5 nitrogen and oxygen atoms in total. The van der Waals surface area contributed by atoms with Gasteiger partial charge in [0.2, 0.25) is 0 Å². The van der Waals surface area contributed by atoms with E-state index in [9.17, 15) is 0 Å². The van der Waals surface area contributed by atoms with Crippen LogP contribution in [0.3, 0.4) is 0 Å². The number of nitrogens with zero attached hydrogens (tertiary/aromatic N) is 4. The fraction of sp³-hybridized carbons (Fsp3) is 0. The Bertz CT molecular complexity index is 3180. The largest absolute Gasteiger partial charge is 0.452 e. The van der Waals surface area contributed by atoms with Gasteiger partial charge >= 0.3 is 0 Å². The summed E-state index contributed by atoms with van der Waals surface area (Å²) in [6, 6.07) is 63.0. The second kappa shape index (κ2) is 12.1. The van der Waals surface area contributed by atoms with Crippen LogP contribution < -0.4 is 0 Å². The summed E-state index contributed by atoms with van der Waals surface area (Å²) in [4.78, 5) is 15.4. The van der Waals surface area contributed by atoms with Crippen LogP contribution in [-0.2, 0) is 0 Å². The van der Waals surface area contributed by atoms with Crippen molar-refractivity contribution >= 4 is 54.8 Å². The highest BCUT2D eigenvalue weighted by Gasteiger charge is 2.24. The van der Waals surface area contributed by atoms with Gasteiger partial charge in [-0.15, -0.1) is 0 Å². The van der Waals surface area contributed by atoms with Gasteiger partial charge in [0.25, 0.3) is 0 Å². The normalized spacial score (nSPS) is 11.7. The van der Waals surface area contributed by atoms with Crippen LogP contribution >= 0.6 is 0 Å². The lowest BCUT2D eigenvalue weighted by Gasteiger charge is -2.11. The maximum absolute atomic E-state index is 6.62. The number of para-hydroxylation sites is 4. The average Bonchev–Trinajstić information content (AvgIpc) is 3.80. The molecule has 0 unspecified atom stereocenters. The monoisotopic (exact) mass is 690 g/mol. The van der Waals surface area contributed by atoms with Crippen LogP contribution in [0.4, 0.5) is 0 Å². The van der Waals surface area contributed by atoms with Crippen LogP contribution in [0, 0.1) is 0 Å². The summed E-state index contributed by atoms with van der Waals surface area (Å²) in [7, 11) is 0. The molecule has 0 aliphatic carbocycles. The predicted molar refractivity (Wildman–Crippen MR) is 221 cm³/mol. The van der Waals surface area contributed by atoms with Gasteiger partial charge in [-0.3, -0.25) is 0 Å². The van der Waals surface area contributed by atoms with Crippen molar-refractivity contribution in [3.05, 3.63) is 182 Å². The van der Waals surface area contributed by atoms with E-state index in [1.54, 1.807) is 0 Å². The van der Waals surface area contributed by atoms with Gasteiger partial charge in [-0.25, -0.2) is 15.0 Å². The fourth-order valence-corrected chi connectivity index (χ4v) is 7.87. The lowest BCUT2D eigenvalue weighted by Crippen LogP contribution is -1.95. The number of pyridine rings is 1. The molecule has 0 aliphatic rings. The second-order valence-electron chi connectivity index (χ2n) is 13.6. The molecule has 0 fully saturated rings. The van der Waals surface area contributed by atoms with E-state index >= 15 is 0 Å². The van der Waals surface area contributed by atoms with E-state index in [1.165, 1.54) is 0 Å². The molecule has 0 amide bonds. The number of hydrogen-bond acceptors (Lipinski definition) is 4. The van der Waals surface area contributed by atoms with E-state index in [-0.39, 0.29) is 0 Å². The highest BCUT2D eigenvalue weighted by atomic mass is 16.3. The standard InChI is InChI=1S/C49H30N4O/c1-3-13-33(14-4-1)44-37-17-7-10-20-40(37)50-49(52-44)35-29-25-32(26-30-35)31-23-27-34(28-24-31)45-43-38-18-8-11-21-41(38)53(36-15-5-2-6-16-36)47(43)48-46(51-45)39-19-9-12-22-42(39)54-48/h1-30H. The van der Waals surface area contributed by atoms with Crippen LogP contribution in [0.5, 0.6) is 0 Å². The zero-order valence-corrected chi connectivity index (χ0v) is 29.0. The van der Waals surface area contributed by atoms with Crippen LogP contribution in [0.15, 0.2) is 186 Å². The molecule has 0 bridgehead atoms. The van der Waals surface area contributed by atoms with Gasteiger partial charge in [-0.05, 0) is 47.5 Å². The molecule has 11 aromatic rings. The topological polar surface area (TPSA) is 56.7 Å². The van der Waals surface area contributed by atoms with Crippen molar-refractivity contribution in [2.24, 2.45) is 0 Å². The first-order valence-electron chi connectivity index (χ1n) is 18.1. The van der Waals surface area contributed by atoms with Crippen LogP contribution in [0.25, 0.3) is 105 Å². The minimum atomic E-state index is 0.710. The van der Waals surface area contributed by atoms with Crippen LogP contribution in [-0.4, -0.2) is 19.5 Å². The Balaban J connectivity index is 1.03. The van der Waals surface area contributed by atoms with Gasteiger partial charge in [-0.2, -0.15) is 0 Å². The summed E-state index contributed by atoms with van der Waals surface area (Å²) in [6.45, 7) is 0. The first-order chi connectivity index (χ1) is 26.8. The first kappa shape index (κ1) is 30.3. The summed E-state index contributed by atoms with van der Waals surface area (Å²) < 4.78 is 8.94. The molecule has 252 valence electrons. The summed E-state index contributed by atoms with van der Waals surface area (Å²) >= 11 is 0. The van der Waals surface area contributed by atoms with Gasteiger partial charge in [0, 0.05) is 43.9 Å². The van der Waals surface area contributed by atoms with Gasteiger partial charge in [-0.1, -0.05) is 146 Å². The maximum Gasteiger partial charge on any atom is 0.178 e. The lowest BCUT2D eigenvalue weighted by atomic mass is 9.99. The number of aromatic nitrogens is 4. The molecule has 4 aromatic heterocycles. The minimum Gasteiger partial charge on any atom is -0.452 e. The second-order valence-corrected chi connectivity index (χ2v) is 13.6. The molecule has 0 aliphatic heterocycles.